The lowest BCUT2D eigenvalue weighted by Gasteiger charge is -2.12. The van der Waals surface area contributed by atoms with E-state index in [1.54, 1.807) is 14.2 Å². The van der Waals surface area contributed by atoms with E-state index in [-0.39, 0.29) is 12.6 Å². The molecule has 2 N–H and O–H groups in total. The molecule has 7 heteroatoms. The number of tetrazole rings is 1. The maximum atomic E-state index is 5.83. The van der Waals surface area contributed by atoms with Crippen molar-refractivity contribution in [3.05, 3.63) is 29.6 Å². The first-order chi connectivity index (χ1) is 9.10. The van der Waals surface area contributed by atoms with Gasteiger partial charge in [0.25, 0.3) is 0 Å². The predicted molar refractivity (Wildman–Crippen MR) is 68.7 cm³/mol. The topological polar surface area (TPSA) is 88.1 Å². The van der Waals surface area contributed by atoms with E-state index in [0.717, 1.165) is 5.56 Å². The van der Waals surface area contributed by atoms with E-state index in [1.165, 1.54) is 4.80 Å². The van der Waals surface area contributed by atoms with Crippen LogP contribution in [0.1, 0.15) is 24.4 Å². The van der Waals surface area contributed by atoms with E-state index < -0.39 is 0 Å². The molecule has 0 fully saturated rings. The molecule has 0 spiro atoms. The van der Waals surface area contributed by atoms with Crippen LogP contribution in [0.25, 0.3) is 0 Å². The number of aryl methyl sites for hydroxylation is 1. The Labute approximate surface area is 111 Å². The zero-order valence-corrected chi connectivity index (χ0v) is 11.2. The molecular formula is C12H17N5O2. The third kappa shape index (κ3) is 3.19. The summed E-state index contributed by atoms with van der Waals surface area (Å²) in [7, 11) is 3.29. The Morgan fingerprint density at radius 2 is 2.16 bits per heavy atom. The predicted octanol–water partition coefficient (Wildman–Crippen LogP) is 0.817. The molecule has 7 nitrogen and oxygen atoms in total. The minimum absolute atomic E-state index is 0.0513. The molecule has 1 aromatic heterocycles. The fourth-order valence-electron chi connectivity index (χ4n) is 1.61. The van der Waals surface area contributed by atoms with Gasteiger partial charge in [0.05, 0.1) is 14.2 Å². The second-order valence-corrected chi connectivity index (χ2v) is 4.18. The number of nitrogens with two attached hydrogens (primary N) is 1. The molecule has 102 valence electrons. The zero-order valence-electron chi connectivity index (χ0n) is 11.2. The molecule has 0 unspecified atom stereocenters. The van der Waals surface area contributed by atoms with E-state index >= 15 is 0 Å². The van der Waals surface area contributed by atoms with Crippen molar-refractivity contribution in [2.75, 3.05) is 7.11 Å². The second-order valence-electron chi connectivity index (χ2n) is 4.18. The van der Waals surface area contributed by atoms with Crippen molar-refractivity contribution >= 4 is 0 Å². The number of nitrogens with zero attached hydrogens (tertiary/aromatic N) is 4. The van der Waals surface area contributed by atoms with Gasteiger partial charge in [-0.15, -0.1) is 10.2 Å². The van der Waals surface area contributed by atoms with Crippen molar-refractivity contribution in [2.45, 2.75) is 19.6 Å². The number of ether oxygens (including phenoxy) is 2. The Morgan fingerprint density at radius 1 is 1.37 bits per heavy atom. The lowest BCUT2D eigenvalue weighted by molar-refractivity contribution is 0.275. The van der Waals surface area contributed by atoms with Crippen molar-refractivity contribution in [2.24, 2.45) is 12.8 Å². The highest BCUT2D eigenvalue weighted by Gasteiger charge is 2.09. The molecule has 0 amide bonds. The maximum absolute atomic E-state index is 5.83. The lowest BCUT2D eigenvalue weighted by atomic mass is 10.1. The summed E-state index contributed by atoms with van der Waals surface area (Å²) in [5, 5.41) is 11.6. The molecule has 1 aromatic carbocycles. The Kier molecular flexibility index (Phi) is 3.96. The highest BCUT2D eigenvalue weighted by atomic mass is 16.5. The van der Waals surface area contributed by atoms with Gasteiger partial charge in [-0.25, -0.2) is 0 Å². The molecule has 1 atom stereocenters. The third-order valence-electron chi connectivity index (χ3n) is 2.62. The minimum atomic E-state index is -0.0513. The normalized spacial score (nSPS) is 12.2. The number of hydrogen-bond donors (Lipinski definition) is 1. The number of aromatic nitrogens is 4. The third-order valence-corrected chi connectivity index (χ3v) is 2.62. The summed E-state index contributed by atoms with van der Waals surface area (Å²) in [6.45, 7) is 2.15. The smallest absolute Gasteiger partial charge is 0.212 e. The van der Waals surface area contributed by atoms with Crippen LogP contribution in [0.15, 0.2) is 18.2 Å². The van der Waals surface area contributed by atoms with Crippen LogP contribution in [-0.2, 0) is 13.7 Å². The SMILES string of the molecule is COc1cc([C@H](C)N)ccc1OCc1nnn(C)n1. The van der Waals surface area contributed by atoms with Gasteiger partial charge in [0.2, 0.25) is 5.82 Å². The molecule has 0 aliphatic heterocycles. The molecule has 0 bridgehead atoms. The van der Waals surface area contributed by atoms with E-state index in [9.17, 15) is 0 Å². The summed E-state index contributed by atoms with van der Waals surface area (Å²) in [5.41, 5.74) is 6.82. The number of rotatable bonds is 5. The van der Waals surface area contributed by atoms with Crippen LogP contribution in [0, 0.1) is 0 Å². The highest BCUT2D eigenvalue weighted by Crippen LogP contribution is 2.30. The molecule has 19 heavy (non-hydrogen) atoms. The van der Waals surface area contributed by atoms with Gasteiger partial charge in [-0.2, -0.15) is 4.80 Å². The van der Waals surface area contributed by atoms with E-state index in [2.05, 4.69) is 15.4 Å². The standard InChI is InChI=1S/C12H17N5O2/c1-8(13)9-4-5-10(11(6-9)18-3)19-7-12-14-16-17(2)15-12/h4-6,8H,7,13H2,1-3H3/t8-/m0/s1. The van der Waals surface area contributed by atoms with Crippen molar-refractivity contribution in [3.8, 4) is 11.5 Å². The monoisotopic (exact) mass is 263 g/mol. The van der Waals surface area contributed by atoms with Gasteiger partial charge in [0.1, 0.15) is 0 Å². The summed E-state index contributed by atoms with van der Waals surface area (Å²) in [4.78, 5) is 1.38. The molecule has 2 rings (SSSR count). The van der Waals surface area contributed by atoms with Gasteiger partial charge in [-0.3, -0.25) is 0 Å². The van der Waals surface area contributed by atoms with Crippen LogP contribution in [0.2, 0.25) is 0 Å². The number of methoxy groups -OCH3 is 1. The van der Waals surface area contributed by atoms with Gasteiger partial charge in [-0.1, -0.05) is 6.07 Å². The fourth-order valence-corrected chi connectivity index (χ4v) is 1.61. The maximum Gasteiger partial charge on any atom is 0.212 e. The lowest BCUT2D eigenvalue weighted by Crippen LogP contribution is -2.06. The van der Waals surface area contributed by atoms with E-state index in [0.29, 0.717) is 17.3 Å². The molecule has 2 aromatic rings. The average molecular weight is 263 g/mol. The Balaban J connectivity index is 2.11. The van der Waals surface area contributed by atoms with Gasteiger partial charge in [-0.05, 0) is 29.8 Å². The van der Waals surface area contributed by atoms with Crippen LogP contribution in [0.5, 0.6) is 11.5 Å². The summed E-state index contributed by atoms with van der Waals surface area (Å²) in [6, 6.07) is 5.55. The second kappa shape index (κ2) is 5.66. The van der Waals surface area contributed by atoms with Crippen LogP contribution >= 0.6 is 0 Å². The summed E-state index contributed by atoms with van der Waals surface area (Å²) in [6.07, 6.45) is 0. The zero-order chi connectivity index (χ0) is 13.8. The molecule has 0 aliphatic rings. The first-order valence-electron chi connectivity index (χ1n) is 5.89. The summed E-state index contributed by atoms with van der Waals surface area (Å²) >= 11 is 0. The molecule has 0 aliphatic carbocycles. The Morgan fingerprint density at radius 3 is 2.74 bits per heavy atom. The summed E-state index contributed by atoms with van der Waals surface area (Å²) in [5.74, 6) is 1.78. The van der Waals surface area contributed by atoms with Gasteiger partial charge in [0.15, 0.2) is 18.1 Å². The molecule has 1 heterocycles. The van der Waals surface area contributed by atoms with Crippen molar-refractivity contribution in [1.29, 1.82) is 0 Å². The van der Waals surface area contributed by atoms with Crippen molar-refractivity contribution in [1.82, 2.24) is 20.2 Å². The number of benzene rings is 1. The largest absolute Gasteiger partial charge is 0.493 e. The van der Waals surface area contributed by atoms with Crippen LogP contribution in [-0.4, -0.2) is 27.3 Å². The quantitative estimate of drug-likeness (QED) is 0.859. The number of hydrogen-bond acceptors (Lipinski definition) is 6. The molecule has 0 saturated carbocycles. The average Bonchev–Trinajstić information content (AvgIpc) is 2.81. The van der Waals surface area contributed by atoms with Gasteiger partial charge >= 0.3 is 0 Å². The molecule has 0 radical (unpaired) electrons. The Bertz CT molecular complexity index is 553. The van der Waals surface area contributed by atoms with Crippen LogP contribution in [0.4, 0.5) is 0 Å². The van der Waals surface area contributed by atoms with Crippen molar-refractivity contribution < 1.29 is 9.47 Å². The van der Waals surface area contributed by atoms with Crippen molar-refractivity contribution in [3.63, 3.8) is 0 Å². The van der Waals surface area contributed by atoms with Gasteiger partial charge in [0, 0.05) is 6.04 Å². The van der Waals surface area contributed by atoms with Crippen LogP contribution < -0.4 is 15.2 Å². The highest BCUT2D eigenvalue weighted by molar-refractivity contribution is 5.43. The van der Waals surface area contributed by atoms with Crippen LogP contribution in [0.3, 0.4) is 0 Å². The minimum Gasteiger partial charge on any atom is -0.493 e. The fraction of sp³-hybridized carbons (Fsp3) is 0.417. The first-order valence-corrected chi connectivity index (χ1v) is 5.89. The molecular weight excluding hydrogens is 246 g/mol. The van der Waals surface area contributed by atoms with Gasteiger partial charge < -0.3 is 15.2 Å². The summed E-state index contributed by atoms with van der Waals surface area (Å²) < 4.78 is 10.9. The van der Waals surface area contributed by atoms with E-state index in [4.69, 9.17) is 15.2 Å². The van der Waals surface area contributed by atoms with E-state index in [1.807, 2.05) is 25.1 Å². The first kappa shape index (κ1) is 13.3. The molecule has 0 saturated heterocycles. The Hall–Kier alpha value is -2.15.